The van der Waals surface area contributed by atoms with Gasteiger partial charge in [0, 0.05) is 0 Å². The summed E-state index contributed by atoms with van der Waals surface area (Å²) in [5.41, 5.74) is 0.564. The Morgan fingerprint density at radius 2 is 1.76 bits per heavy atom. The summed E-state index contributed by atoms with van der Waals surface area (Å²) in [5, 5.41) is 0.645. The second kappa shape index (κ2) is 3.99. The summed E-state index contributed by atoms with van der Waals surface area (Å²) in [6, 6.07) is 4.15. The molecule has 1 aliphatic heterocycles. The molecule has 0 aromatic heterocycles. The third-order valence-electron chi connectivity index (χ3n) is 2.45. The van der Waals surface area contributed by atoms with Crippen LogP contribution in [-0.2, 0) is 9.57 Å². The molecule has 0 bridgehead atoms. The number of carbonyl (C=O) groups excluding carboxylic acids is 3. The summed E-state index contributed by atoms with van der Waals surface area (Å²) in [6.45, 7) is 0. The van der Waals surface area contributed by atoms with Gasteiger partial charge in [0.05, 0.1) is 30.9 Å². The Labute approximate surface area is 96.7 Å². The normalized spacial score (nSPS) is 13.9. The van der Waals surface area contributed by atoms with Crippen LogP contribution >= 0.6 is 0 Å². The van der Waals surface area contributed by atoms with Gasteiger partial charge < -0.3 is 4.74 Å². The highest BCUT2D eigenvalue weighted by Gasteiger charge is 2.36. The maximum Gasteiger partial charge on any atom is 0.337 e. The lowest BCUT2D eigenvalue weighted by Crippen LogP contribution is -2.28. The minimum atomic E-state index is -0.585. The average molecular weight is 235 g/mol. The number of carbonyl (C=O) groups is 3. The molecule has 0 spiro atoms. The van der Waals surface area contributed by atoms with E-state index in [9.17, 15) is 14.4 Å². The number of benzene rings is 1. The van der Waals surface area contributed by atoms with Gasteiger partial charge in [-0.2, -0.15) is 0 Å². The maximum atomic E-state index is 11.7. The highest BCUT2D eigenvalue weighted by atomic mass is 16.7. The highest BCUT2D eigenvalue weighted by Crippen LogP contribution is 2.24. The molecule has 0 radical (unpaired) electrons. The first-order chi connectivity index (χ1) is 8.10. The monoisotopic (exact) mass is 235 g/mol. The number of amides is 2. The van der Waals surface area contributed by atoms with Crippen molar-refractivity contribution in [1.29, 1.82) is 0 Å². The molecule has 6 heteroatoms. The van der Waals surface area contributed by atoms with Crippen LogP contribution in [0.1, 0.15) is 31.1 Å². The number of imide groups is 1. The van der Waals surface area contributed by atoms with Gasteiger partial charge in [0.15, 0.2) is 0 Å². The van der Waals surface area contributed by atoms with Gasteiger partial charge >= 0.3 is 5.97 Å². The maximum absolute atomic E-state index is 11.7. The molecule has 88 valence electrons. The summed E-state index contributed by atoms with van der Waals surface area (Å²) in [7, 11) is 2.47. The van der Waals surface area contributed by atoms with Crippen molar-refractivity contribution in [3.8, 4) is 0 Å². The average Bonchev–Trinajstić information content (AvgIpc) is 2.60. The van der Waals surface area contributed by atoms with E-state index < -0.39 is 17.8 Å². The van der Waals surface area contributed by atoms with Crippen molar-refractivity contribution in [3.63, 3.8) is 0 Å². The van der Waals surface area contributed by atoms with Crippen LogP contribution in [0.5, 0.6) is 0 Å². The number of methoxy groups -OCH3 is 1. The number of ether oxygens (including phenoxy) is 1. The quantitative estimate of drug-likeness (QED) is 0.555. The van der Waals surface area contributed by atoms with Gasteiger partial charge in [-0.05, 0) is 18.2 Å². The first-order valence-electron chi connectivity index (χ1n) is 4.75. The van der Waals surface area contributed by atoms with E-state index in [0.29, 0.717) is 5.06 Å². The van der Waals surface area contributed by atoms with Crippen molar-refractivity contribution in [2.75, 3.05) is 14.2 Å². The molecule has 17 heavy (non-hydrogen) atoms. The number of hydrogen-bond donors (Lipinski definition) is 0. The Bertz CT molecular complexity index is 523. The Hall–Kier alpha value is -2.21. The molecule has 0 fully saturated rings. The smallest absolute Gasteiger partial charge is 0.337 e. The number of esters is 1. The second-order valence-corrected chi connectivity index (χ2v) is 3.34. The van der Waals surface area contributed by atoms with Crippen molar-refractivity contribution in [2.45, 2.75) is 0 Å². The molecule has 1 heterocycles. The highest BCUT2D eigenvalue weighted by molar-refractivity contribution is 6.21. The van der Waals surface area contributed by atoms with Gasteiger partial charge in [-0.25, -0.2) is 4.79 Å². The van der Waals surface area contributed by atoms with Crippen LogP contribution in [0, 0.1) is 0 Å². The predicted molar refractivity (Wildman–Crippen MR) is 55.3 cm³/mol. The van der Waals surface area contributed by atoms with Crippen LogP contribution in [0.4, 0.5) is 0 Å². The first-order valence-corrected chi connectivity index (χ1v) is 4.75. The number of rotatable bonds is 2. The van der Waals surface area contributed by atoms with E-state index >= 15 is 0 Å². The van der Waals surface area contributed by atoms with E-state index in [1.165, 1.54) is 32.4 Å². The van der Waals surface area contributed by atoms with Gasteiger partial charge in [0.2, 0.25) is 0 Å². The van der Waals surface area contributed by atoms with Crippen molar-refractivity contribution < 1.29 is 24.0 Å². The van der Waals surface area contributed by atoms with E-state index in [1.54, 1.807) is 0 Å². The molecule has 0 saturated carbocycles. The molecule has 0 N–H and O–H groups in total. The summed E-state index contributed by atoms with van der Waals surface area (Å²) in [5.74, 6) is -1.69. The minimum Gasteiger partial charge on any atom is -0.465 e. The van der Waals surface area contributed by atoms with Crippen LogP contribution in [0.25, 0.3) is 0 Å². The molecule has 2 rings (SSSR count). The zero-order valence-electron chi connectivity index (χ0n) is 9.22. The number of fused-ring (bicyclic) bond motifs is 1. The van der Waals surface area contributed by atoms with Crippen LogP contribution < -0.4 is 0 Å². The molecule has 1 aromatic carbocycles. The molecule has 6 nitrogen and oxygen atoms in total. The molecule has 0 aliphatic carbocycles. The van der Waals surface area contributed by atoms with E-state index in [-0.39, 0.29) is 16.7 Å². The molecule has 0 unspecified atom stereocenters. The van der Waals surface area contributed by atoms with Gasteiger partial charge in [0.1, 0.15) is 0 Å². The van der Waals surface area contributed by atoms with Crippen molar-refractivity contribution in [2.24, 2.45) is 0 Å². The fraction of sp³-hybridized carbons (Fsp3) is 0.182. The van der Waals surface area contributed by atoms with E-state index in [0.717, 1.165) is 0 Å². The van der Waals surface area contributed by atoms with E-state index in [4.69, 9.17) is 0 Å². The lowest BCUT2D eigenvalue weighted by Gasteiger charge is -2.07. The third-order valence-corrected chi connectivity index (χ3v) is 2.45. The zero-order chi connectivity index (χ0) is 12.6. The van der Waals surface area contributed by atoms with Crippen LogP contribution in [0.3, 0.4) is 0 Å². The lowest BCUT2D eigenvalue weighted by molar-refractivity contribution is -0.0645. The van der Waals surface area contributed by atoms with E-state index in [2.05, 4.69) is 9.57 Å². The van der Waals surface area contributed by atoms with E-state index in [1.807, 2.05) is 0 Å². The molecule has 0 atom stereocenters. The molecule has 1 aromatic rings. The zero-order valence-corrected chi connectivity index (χ0v) is 9.22. The third kappa shape index (κ3) is 1.58. The van der Waals surface area contributed by atoms with Crippen molar-refractivity contribution >= 4 is 17.8 Å². The number of hydrogen-bond acceptors (Lipinski definition) is 5. The summed E-state index contributed by atoms with van der Waals surface area (Å²) >= 11 is 0. The molecular weight excluding hydrogens is 226 g/mol. The van der Waals surface area contributed by atoms with Crippen LogP contribution in [-0.4, -0.2) is 37.1 Å². The SMILES string of the molecule is COC(=O)c1ccc2c(c1)C(=O)N(OC)C2=O. The van der Waals surface area contributed by atoms with Crippen molar-refractivity contribution in [1.82, 2.24) is 5.06 Å². The fourth-order valence-corrected chi connectivity index (χ4v) is 1.63. The molecule has 0 saturated heterocycles. The van der Waals surface area contributed by atoms with Crippen LogP contribution in [0.15, 0.2) is 18.2 Å². The lowest BCUT2D eigenvalue weighted by atomic mass is 10.1. The Morgan fingerprint density at radius 3 is 2.35 bits per heavy atom. The summed E-state index contributed by atoms with van der Waals surface area (Å²) < 4.78 is 4.53. The number of nitrogens with zero attached hydrogens (tertiary/aromatic N) is 1. The minimum absolute atomic E-state index is 0.139. The fourth-order valence-electron chi connectivity index (χ4n) is 1.63. The molecule has 1 aliphatic rings. The second-order valence-electron chi connectivity index (χ2n) is 3.34. The topological polar surface area (TPSA) is 72.9 Å². The largest absolute Gasteiger partial charge is 0.465 e. The molecular formula is C11H9NO5. The van der Waals surface area contributed by atoms with Crippen LogP contribution in [0.2, 0.25) is 0 Å². The summed E-state index contributed by atoms with van der Waals surface area (Å²) in [4.78, 5) is 39.3. The standard InChI is InChI=1S/C11H9NO5/c1-16-11(15)6-3-4-7-8(5-6)10(14)12(17-2)9(7)13/h3-5H,1-2H3. The summed E-state index contributed by atoms with van der Waals surface area (Å²) in [6.07, 6.45) is 0. The Morgan fingerprint density at radius 1 is 1.12 bits per heavy atom. The van der Waals surface area contributed by atoms with Gasteiger partial charge in [-0.15, -0.1) is 5.06 Å². The first kappa shape index (κ1) is 11.3. The van der Waals surface area contributed by atoms with Gasteiger partial charge in [0.25, 0.3) is 11.8 Å². The van der Waals surface area contributed by atoms with Gasteiger partial charge in [-0.1, -0.05) is 0 Å². The van der Waals surface area contributed by atoms with Gasteiger partial charge in [-0.3, -0.25) is 14.4 Å². The Kier molecular flexibility index (Phi) is 2.64. The Balaban J connectivity index is 2.50. The van der Waals surface area contributed by atoms with Crippen molar-refractivity contribution in [3.05, 3.63) is 34.9 Å². The molecule has 2 amide bonds. The predicted octanol–water partition coefficient (Wildman–Crippen LogP) is 0.631. The number of hydroxylamine groups is 2.